The second-order valence-electron chi connectivity index (χ2n) is 3.77. The van der Waals surface area contributed by atoms with Crippen LogP contribution in [0.2, 0.25) is 0 Å². The third kappa shape index (κ3) is 3.05. The summed E-state index contributed by atoms with van der Waals surface area (Å²) in [7, 11) is 0. The van der Waals surface area contributed by atoms with Crippen LogP contribution in [0.4, 0.5) is 10.1 Å². The van der Waals surface area contributed by atoms with Gasteiger partial charge in [-0.05, 0) is 40.5 Å². The van der Waals surface area contributed by atoms with Gasteiger partial charge in [0.25, 0.3) is 0 Å². The number of halogens is 2. The molecule has 5 nitrogen and oxygen atoms in total. The first-order chi connectivity index (χ1) is 8.97. The number of nitro groups is 1. The lowest BCUT2D eigenvalue weighted by atomic mass is 10.3. The molecule has 0 saturated heterocycles. The van der Waals surface area contributed by atoms with Crippen molar-refractivity contribution < 1.29 is 14.1 Å². The molecule has 2 aromatic rings. The van der Waals surface area contributed by atoms with Gasteiger partial charge in [-0.15, -0.1) is 0 Å². The number of benzene rings is 1. The van der Waals surface area contributed by atoms with E-state index in [1.807, 2.05) is 6.92 Å². The van der Waals surface area contributed by atoms with Crippen molar-refractivity contribution in [3.05, 3.63) is 56.4 Å². The monoisotopic (exact) mass is 326 g/mol. The summed E-state index contributed by atoms with van der Waals surface area (Å²) >= 11 is 3.27. The number of aromatic nitrogens is 1. The number of hydrogen-bond acceptors (Lipinski definition) is 4. The summed E-state index contributed by atoms with van der Waals surface area (Å²) in [5.41, 5.74) is 0.345. The van der Waals surface area contributed by atoms with Crippen molar-refractivity contribution in [3.8, 4) is 11.6 Å². The van der Waals surface area contributed by atoms with Crippen LogP contribution in [0.15, 0.2) is 34.9 Å². The van der Waals surface area contributed by atoms with Gasteiger partial charge in [-0.1, -0.05) is 0 Å². The molecule has 2 rings (SSSR count). The molecule has 0 aliphatic rings. The van der Waals surface area contributed by atoms with E-state index in [9.17, 15) is 14.5 Å². The van der Waals surface area contributed by atoms with Gasteiger partial charge >= 0.3 is 5.69 Å². The largest absolute Gasteiger partial charge is 0.438 e. The second kappa shape index (κ2) is 5.31. The topological polar surface area (TPSA) is 65.3 Å². The van der Waals surface area contributed by atoms with E-state index in [0.717, 1.165) is 17.7 Å². The summed E-state index contributed by atoms with van der Waals surface area (Å²) < 4.78 is 19.4. The molecular formula is C12H8BrFN2O3. The first kappa shape index (κ1) is 13.4. The lowest BCUT2D eigenvalue weighted by Crippen LogP contribution is -1.94. The average Bonchev–Trinajstić information content (AvgIpc) is 2.32. The van der Waals surface area contributed by atoms with Crippen LogP contribution in [-0.4, -0.2) is 9.91 Å². The number of aryl methyl sites for hydroxylation is 1. The van der Waals surface area contributed by atoms with E-state index >= 15 is 0 Å². The Labute approximate surface area is 116 Å². The Morgan fingerprint density at radius 2 is 2.16 bits per heavy atom. The van der Waals surface area contributed by atoms with E-state index in [1.165, 1.54) is 6.07 Å². The zero-order valence-electron chi connectivity index (χ0n) is 9.76. The van der Waals surface area contributed by atoms with E-state index in [1.54, 1.807) is 12.3 Å². The van der Waals surface area contributed by atoms with Crippen LogP contribution in [0.1, 0.15) is 5.56 Å². The molecule has 0 unspecified atom stereocenters. The number of hydrogen-bond donors (Lipinski definition) is 0. The van der Waals surface area contributed by atoms with Crippen LogP contribution in [0.5, 0.6) is 11.6 Å². The van der Waals surface area contributed by atoms with Gasteiger partial charge in [0.2, 0.25) is 11.7 Å². The highest BCUT2D eigenvalue weighted by Crippen LogP contribution is 2.30. The summed E-state index contributed by atoms with van der Waals surface area (Å²) in [6, 6.07) is 5.11. The zero-order chi connectivity index (χ0) is 14.0. The number of ether oxygens (including phenoxy) is 1. The quantitative estimate of drug-likeness (QED) is 0.631. The summed E-state index contributed by atoms with van der Waals surface area (Å²) in [5.74, 6) is -0.551. The number of nitrogens with zero attached hydrogens (tertiary/aromatic N) is 2. The lowest BCUT2D eigenvalue weighted by molar-refractivity contribution is -0.387. The van der Waals surface area contributed by atoms with Crippen molar-refractivity contribution in [1.29, 1.82) is 0 Å². The summed E-state index contributed by atoms with van der Waals surface area (Å²) in [6.45, 7) is 1.87. The fourth-order valence-corrected chi connectivity index (χ4v) is 1.95. The fourth-order valence-electron chi connectivity index (χ4n) is 1.41. The maximum Gasteiger partial charge on any atom is 0.305 e. The third-order valence-corrected chi connectivity index (χ3v) is 2.84. The van der Waals surface area contributed by atoms with E-state index in [0.29, 0.717) is 4.47 Å². The van der Waals surface area contributed by atoms with E-state index < -0.39 is 16.4 Å². The molecule has 0 amide bonds. The van der Waals surface area contributed by atoms with Crippen LogP contribution in [0, 0.1) is 22.9 Å². The van der Waals surface area contributed by atoms with Crippen LogP contribution in [-0.2, 0) is 0 Å². The van der Waals surface area contributed by atoms with Crippen LogP contribution in [0.25, 0.3) is 0 Å². The van der Waals surface area contributed by atoms with Crippen LogP contribution in [0.3, 0.4) is 0 Å². The molecular weight excluding hydrogens is 319 g/mol. The Morgan fingerprint density at radius 1 is 1.42 bits per heavy atom. The second-order valence-corrected chi connectivity index (χ2v) is 4.63. The molecule has 0 N–H and O–H groups in total. The third-order valence-electron chi connectivity index (χ3n) is 2.27. The maximum absolute atomic E-state index is 13.4. The molecule has 19 heavy (non-hydrogen) atoms. The molecule has 7 heteroatoms. The SMILES string of the molecule is Cc1cnc(Oc2ccc([N+](=O)[O-])c(F)c2)c(Br)c1. The molecule has 0 bridgehead atoms. The van der Waals surface area contributed by atoms with E-state index in [4.69, 9.17) is 4.74 Å². The van der Waals surface area contributed by atoms with Crippen molar-refractivity contribution in [2.45, 2.75) is 6.92 Å². The highest BCUT2D eigenvalue weighted by molar-refractivity contribution is 9.10. The van der Waals surface area contributed by atoms with Crippen molar-refractivity contribution in [1.82, 2.24) is 4.98 Å². The molecule has 0 saturated carbocycles. The average molecular weight is 327 g/mol. The number of nitro benzene ring substituents is 1. The highest BCUT2D eigenvalue weighted by Gasteiger charge is 2.15. The molecule has 1 aromatic carbocycles. The Bertz CT molecular complexity index is 649. The standard InChI is InChI=1S/C12H8BrFN2O3/c1-7-4-9(13)12(15-6-7)19-8-2-3-11(16(17)18)10(14)5-8/h2-6H,1H3. The molecule has 0 fully saturated rings. The smallest absolute Gasteiger partial charge is 0.305 e. The number of pyridine rings is 1. The van der Waals surface area contributed by atoms with Gasteiger partial charge in [-0.3, -0.25) is 10.1 Å². The van der Waals surface area contributed by atoms with Crippen molar-refractivity contribution >= 4 is 21.6 Å². The maximum atomic E-state index is 13.4. The summed E-state index contributed by atoms with van der Waals surface area (Å²) in [6.07, 6.45) is 1.60. The summed E-state index contributed by atoms with van der Waals surface area (Å²) in [5, 5.41) is 10.5. The van der Waals surface area contributed by atoms with Crippen molar-refractivity contribution in [2.75, 3.05) is 0 Å². The van der Waals surface area contributed by atoms with Gasteiger partial charge in [0.15, 0.2) is 0 Å². The minimum atomic E-state index is -0.953. The predicted octanol–water partition coefficient (Wildman–Crippen LogP) is 3.99. The molecule has 0 radical (unpaired) electrons. The van der Waals surface area contributed by atoms with Crippen LogP contribution < -0.4 is 4.74 Å². The van der Waals surface area contributed by atoms with Gasteiger partial charge in [0.1, 0.15) is 5.75 Å². The Kier molecular flexibility index (Phi) is 3.75. The fraction of sp³-hybridized carbons (Fsp3) is 0.0833. The molecule has 0 spiro atoms. The molecule has 0 aliphatic heterocycles. The van der Waals surface area contributed by atoms with Gasteiger partial charge in [0, 0.05) is 18.3 Å². The van der Waals surface area contributed by atoms with Crippen molar-refractivity contribution in [3.63, 3.8) is 0 Å². The lowest BCUT2D eigenvalue weighted by Gasteiger charge is -2.07. The van der Waals surface area contributed by atoms with Gasteiger partial charge in [0.05, 0.1) is 9.40 Å². The molecule has 0 aliphatic carbocycles. The first-order valence-electron chi connectivity index (χ1n) is 5.21. The Morgan fingerprint density at radius 3 is 2.74 bits per heavy atom. The molecule has 1 aromatic heterocycles. The Hall–Kier alpha value is -2.02. The van der Waals surface area contributed by atoms with Crippen molar-refractivity contribution in [2.24, 2.45) is 0 Å². The zero-order valence-corrected chi connectivity index (χ0v) is 11.3. The summed E-state index contributed by atoms with van der Waals surface area (Å²) in [4.78, 5) is 13.7. The normalized spacial score (nSPS) is 10.3. The van der Waals surface area contributed by atoms with Gasteiger partial charge in [-0.2, -0.15) is 4.39 Å². The first-order valence-corrected chi connectivity index (χ1v) is 6.00. The molecule has 0 atom stereocenters. The molecule has 98 valence electrons. The minimum Gasteiger partial charge on any atom is -0.438 e. The minimum absolute atomic E-state index is 0.139. The molecule has 1 heterocycles. The number of rotatable bonds is 3. The highest BCUT2D eigenvalue weighted by atomic mass is 79.9. The van der Waals surface area contributed by atoms with E-state index in [2.05, 4.69) is 20.9 Å². The van der Waals surface area contributed by atoms with Gasteiger partial charge in [-0.25, -0.2) is 4.98 Å². The van der Waals surface area contributed by atoms with Gasteiger partial charge < -0.3 is 4.74 Å². The van der Waals surface area contributed by atoms with Crippen LogP contribution >= 0.6 is 15.9 Å². The van der Waals surface area contributed by atoms with E-state index in [-0.39, 0.29) is 11.6 Å². The predicted molar refractivity (Wildman–Crippen MR) is 69.8 cm³/mol. The Balaban J connectivity index is 2.29.